The van der Waals surface area contributed by atoms with E-state index in [1.807, 2.05) is 0 Å². The number of nitrogens with zero attached hydrogens (tertiary/aromatic N) is 2. The van der Waals surface area contributed by atoms with Crippen LogP contribution in [-0.2, 0) is 0 Å². The van der Waals surface area contributed by atoms with Gasteiger partial charge in [0.25, 0.3) is 0 Å². The fraction of sp³-hybridized carbons (Fsp3) is 1.00. The number of hydrogen-bond acceptors (Lipinski definition) is 2. The summed E-state index contributed by atoms with van der Waals surface area (Å²) in [6.07, 6.45) is 11.6. The maximum atomic E-state index is 13.8. The minimum absolute atomic E-state index is 0.461. The highest BCUT2D eigenvalue weighted by Gasteiger charge is 2.58. The summed E-state index contributed by atoms with van der Waals surface area (Å²) in [6, 6.07) is -0.923. The smallest absolute Gasteiger partial charge is 0.245 e. The number of rotatable bonds is 4. The maximum Gasteiger partial charge on any atom is 0.245 e. The number of halogens is 2. The standard InChI is InChI=1S/C22H44Cl2N2O2Si2/c1-29(2,3)21(23)17-13-9-7-11-15-19(21)25(27)26(28)20-16-12-8-10-14-18-22(20,24)30(4,5)6/h19-20H,7-18H2,1-6H3/b26-25+/t19-,20-,21-,22-/m0/s1. The van der Waals surface area contributed by atoms with E-state index in [4.69, 9.17) is 23.2 Å². The van der Waals surface area contributed by atoms with Crippen LogP contribution in [-0.4, -0.2) is 46.9 Å². The molecule has 0 spiro atoms. The van der Waals surface area contributed by atoms with Gasteiger partial charge in [-0.15, -0.1) is 23.2 Å². The summed E-state index contributed by atoms with van der Waals surface area (Å²) < 4.78 is -1.18. The van der Waals surface area contributed by atoms with Crippen molar-refractivity contribution >= 4 is 39.3 Å². The van der Waals surface area contributed by atoms with E-state index in [1.54, 1.807) is 0 Å². The average Bonchev–Trinajstić information content (AvgIpc) is 2.59. The summed E-state index contributed by atoms with van der Waals surface area (Å²) in [5.41, 5.74) is 0. The highest BCUT2D eigenvalue weighted by atomic mass is 35.5. The Kier molecular flexibility index (Phi) is 8.83. The van der Waals surface area contributed by atoms with Crippen LogP contribution in [0.4, 0.5) is 0 Å². The molecule has 2 saturated carbocycles. The first-order valence-electron chi connectivity index (χ1n) is 12.1. The molecule has 4 nitrogen and oxygen atoms in total. The topological polar surface area (TPSA) is 52.1 Å². The second kappa shape index (κ2) is 10.0. The van der Waals surface area contributed by atoms with Gasteiger partial charge in [-0.2, -0.15) is 0 Å². The molecule has 8 heteroatoms. The number of alkyl halides is 2. The van der Waals surface area contributed by atoms with Crippen molar-refractivity contribution in [3.8, 4) is 0 Å². The van der Waals surface area contributed by atoms with Crippen LogP contribution in [0.1, 0.15) is 77.0 Å². The molecule has 0 bridgehead atoms. The first-order valence-corrected chi connectivity index (χ1v) is 19.8. The van der Waals surface area contributed by atoms with Gasteiger partial charge in [0.1, 0.15) is 8.99 Å². The summed E-state index contributed by atoms with van der Waals surface area (Å²) in [6.45, 7) is 13.4. The summed E-state index contributed by atoms with van der Waals surface area (Å²) in [5.74, 6) is 0. The van der Waals surface area contributed by atoms with Crippen LogP contribution in [0.2, 0.25) is 39.3 Å². The molecule has 0 aromatic heterocycles. The lowest BCUT2D eigenvalue weighted by atomic mass is 9.95. The highest BCUT2D eigenvalue weighted by Crippen LogP contribution is 2.44. The van der Waals surface area contributed by atoms with Gasteiger partial charge in [0.05, 0.1) is 16.1 Å². The summed E-state index contributed by atoms with van der Waals surface area (Å²) in [4.78, 5) is 1.53. The Labute approximate surface area is 196 Å². The Morgan fingerprint density at radius 3 is 1.20 bits per heavy atom. The normalized spacial score (nSPS) is 36.1. The first kappa shape index (κ1) is 26.5. The second-order valence-electron chi connectivity index (χ2n) is 11.8. The van der Waals surface area contributed by atoms with Crippen LogP contribution < -0.4 is 0 Å². The monoisotopic (exact) mass is 494 g/mol. The van der Waals surface area contributed by atoms with Gasteiger partial charge in [-0.1, -0.05) is 77.8 Å². The summed E-state index contributed by atoms with van der Waals surface area (Å²) in [5, 5.41) is 27.5. The molecule has 0 amide bonds. The van der Waals surface area contributed by atoms with Crippen molar-refractivity contribution in [3.05, 3.63) is 10.4 Å². The van der Waals surface area contributed by atoms with Crippen LogP contribution in [0.15, 0.2) is 0 Å². The van der Waals surface area contributed by atoms with Gasteiger partial charge in [0.2, 0.25) is 12.1 Å². The fourth-order valence-electron chi connectivity index (χ4n) is 5.53. The third-order valence-electron chi connectivity index (χ3n) is 7.81. The second-order valence-corrected chi connectivity index (χ2v) is 24.5. The van der Waals surface area contributed by atoms with E-state index in [9.17, 15) is 10.4 Å². The van der Waals surface area contributed by atoms with Crippen LogP contribution in [0, 0.1) is 10.4 Å². The molecule has 0 aromatic carbocycles. The van der Waals surface area contributed by atoms with Crippen LogP contribution in [0.3, 0.4) is 0 Å². The van der Waals surface area contributed by atoms with Crippen LogP contribution in [0.25, 0.3) is 0 Å². The molecule has 30 heavy (non-hydrogen) atoms. The minimum atomic E-state index is -1.91. The lowest BCUT2D eigenvalue weighted by Gasteiger charge is -2.43. The van der Waals surface area contributed by atoms with Crippen LogP contribution >= 0.6 is 23.2 Å². The van der Waals surface area contributed by atoms with E-state index in [1.165, 1.54) is 0 Å². The molecular formula is C22H44Cl2N2O2Si2. The quantitative estimate of drug-likeness (QED) is 0.132. The molecule has 0 N–H and O–H groups in total. The fourth-order valence-corrected chi connectivity index (χ4v) is 10.5. The van der Waals surface area contributed by atoms with Crippen molar-refractivity contribution in [3.63, 3.8) is 0 Å². The van der Waals surface area contributed by atoms with Crippen molar-refractivity contribution in [1.82, 2.24) is 0 Å². The van der Waals surface area contributed by atoms with Gasteiger partial charge in [-0.3, -0.25) is 0 Å². The molecule has 0 radical (unpaired) electrons. The van der Waals surface area contributed by atoms with E-state index < -0.39 is 37.2 Å². The molecule has 2 fully saturated rings. The third-order valence-corrected chi connectivity index (χ3v) is 18.3. The molecule has 2 aliphatic rings. The Hall–Kier alpha value is 0.214. The highest BCUT2D eigenvalue weighted by molar-refractivity contribution is 6.86. The van der Waals surface area contributed by atoms with E-state index >= 15 is 0 Å². The molecule has 2 rings (SSSR count). The summed E-state index contributed by atoms with van der Waals surface area (Å²) >= 11 is 14.6. The lowest BCUT2D eigenvalue weighted by molar-refractivity contribution is -0.998. The van der Waals surface area contributed by atoms with E-state index in [-0.39, 0.29) is 0 Å². The van der Waals surface area contributed by atoms with Gasteiger partial charge >= 0.3 is 0 Å². The predicted molar refractivity (Wildman–Crippen MR) is 134 cm³/mol. The van der Waals surface area contributed by atoms with Crippen molar-refractivity contribution in [2.75, 3.05) is 0 Å². The van der Waals surface area contributed by atoms with E-state index in [0.29, 0.717) is 12.8 Å². The van der Waals surface area contributed by atoms with Crippen molar-refractivity contribution in [1.29, 1.82) is 0 Å². The lowest BCUT2D eigenvalue weighted by Crippen LogP contribution is -2.63. The molecule has 4 atom stereocenters. The molecule has 0 aromatic rings. The zero-order valence-electron chi connectivity index (χ0n) is 20.1. The Balaban J connectivity index is 2.54. The Morgan fingerprint density at radius 2 is 0.900 bits per heavy atom. The van der Waals surface area contributed by atoms with Gasteiger partial charge in [0.15, 0.2) is 0 Å². The zero-order valence-corrected chi connectivity index (χ0v) is 23.6. The maximum absolute atomic E-state index is 13.8. The molecule has 2 aliphatic carbocycles. The van der Waals surface area contributed by atoms with Gasteiger partial charge in [-0.05, 0) is 25.7 Å². The van der Waals surface area contributed by atoms with Crippen molar-refractivity contribution < 1.29 is 9.72 Å². The van der Waals surface area contributed by atoms with E-state index in [2.05, 4.69) is 39.3 Å². The first-order chi connectivity index (χ1) is 13.8. The van der Waals surface area contributed by atoms with Gasteiger partial charge in [-0.25, -0.2) is 0 Å². The summed E-state index contributed by atoms with van der Waals surface area (Å²) in [7, 11) is -3.83. The largest absolute Gasteiger partial charge is 0.567 e. The Bertz CT molecular complexity index is 569. The zero-order chi connectivity index (χ0) is 22.8. The number of azo groups is 1. The average molecular weight is 496 g/mol. The molecule has 0 unspecified atom stereocenters. The van der Waals surface area contributed by atoms with Gasteiger partial charge in [0, 0.05) is 22.6 Å². The molecule has 0 saturated heterocycles. The molecule has 176 valence electrons. The third kappa shape index (κ3) is 5.40. The SMILES string of the molecule is C[Si](C)(C)[C@@]1(Cl)CCCCCC[C@@H]1/[N+]([O-])=[N+](\[O-])[C@H]1CCCCCC[C@]1(Cl)[Si](C)(C)C. The van der Waals surface area contributed by atoms with Crippen molar-refractivity contribution in [2.45, 2.75) is 137 Å². The Morgan fingerprint density at radius 1 is 0.600 bits per heavy atom. The minimum Gasteiger partial charge on any atom is -0.567 e. The molecular weight excluding hydrogens is 451 g/mol. The molecule has 0 heterocycles. The number of hydrogen-bond donors (Lipinski definition) is 0. The van der Waals surface area contributed by atoms with E-state index in [0.717, 1.165) is 73.9 Å². The van der Waals surface area contributed by atoms with Crippen molar-refractivity contribution in [2.24, 2.45) is 0 Å². The number of hydroxylamine groups is 2. The molecule has 0 aliphatic heterocycles. The predicted octanol–water partition coefficient (Wildman–Crippen LogP) is 7.61. The van der Waals surface area contributed by atoms with Gasteiger partial charge < -0.3 is 10.4 Å². The van der Waals surface area contributed by atoms with Crippen LogP contribution in [0.5, 0.6) is 0 Å².